The summed E-state index contributed by atoms with van der Waals surface area (Å²) >= 11 is 1.55. The molecule has 0 saturated heterocycles. The summed E-state index contributed by atoms with van der Waals surface area (Å²) < 4.78 is 1.51. The van der Waals surface area contributed by atoms with E-state index in [1.807, 2.05) is 0 Å². The van der Waals surface area contributed by atoms with Gasteiger partial charge in [-0.1, -0.05) is 43.6 Å². The second kappa shape index (κ2) is 10.1. The van der Waals surface area contributed by atoms with Crippen molar-refractivity contribution in [2.75, 3.05) is 0 Å². The molecule has 3 heteroatoms. The number of hydrogen-bond acceptors (Lipinski definition) is 0. The number of allylic oxidation sites excluding steroid dienone is 8. The molecule has 2 aliphatic rings. The van der Waals surface area contributed by atoms with Gasteiger partial charge in [-0.2, -0.15) is 11.1 Å². The summed E-state index contributed by atoms with van der Waals surface area (Å²) in [6.45, 7) is 10.8. The van der Waals surface area contributed by atoms with E-state index in [1.54, 1.807) is 24.2 Å². The third-order valence-corrected chi connectivity index (χ3v) is 3.12. The molecule has 104 valence electrons. The van der Waals surface area contributed by atoms with E-state index in [0.717, 1.165) is 6.42 Å². The Labute approximate surface area is 145 Å². The van der Waals surface area contributed by atoms with Gasteiger partial charge in [-0.05, 0) is 6.42 Å². The minimum atomic E-state index is 0. The fourth-order valence-corrected chi connectivity index (χ4v) is 1.99. The Bertz CT molecular complexity index is 436. The Hall–Kier alpha value is 0.293. The van der Waals surface area contributed by atoms with Gasteiger partial charge in [0.25, 0.3) is 0 Å². The van der Waals surface area contributed by atoms with E-state index in [9.17, 15) is 0 Å². The average molecular weight is 375 g/mol. The van der Waals surface area contributed by atoms with Crippen molar-refractivity contribution < 1.29 is 49.0 Å². The molecule has 0 aromatic heterocycles. The topological polar surface area (TPSA) is 0 Å². The summed E-state index contributed by atoms with van der Waals surface area (Å²) in [6.07, 6.45) is 11.2. The average Bonchev–Trinajstić information content (AvgIpc) is 2.82. The first kappa shape index (κ1) is 21.6. The molecule has 0 nitrogen and oxygen atoms in total. The first-order chi connectivity index (χ1) is 7.93. The van der Waals surface area contributed by atoms with Crippen LogP contribution in [0.2, 0.25) is 0 Å². The van der Waals surface area contributed by atoms with Crippen molar-refractivity contribution in [2.45, 2.75) is 41.0 Å². The van der Waals surface area contributed by atoms with Crippen molar-refractivity contribution in [2.24, 2.45) is 5.92 Å². The standard InChI is InChI=1S/C13H15.C3H6.2ClH.Zr/c1-9-8-13(11(3)10(9)2)12-6-4-5-7-12;1-3-2;;;/h4-6,13H,7H2,1-3H3;1-2H3;2*1H;/q-1;;;;+2/p-2. The summed E-state index contributed by atoms with van der Waals surface area (Å²) in [6, 6.07) is 0. The molecule has 0 N–H and O–H groups in total. The first-order valence-electron chi connectivity index (χ1n) is 6.08. The number of hydrogen-bond donors (Lipinski definition) is 0. The smallest absolute Gasteiger partial charge is 1.00 e. The summed E-state index contributed by atoms with van der Waals surface area (Å²) in [5, 5.41) is 0. The van der Waals surface area contributed by atoms with Crippen molar-refractivity contribution in [1.82, 2.24) is 0 Å². The Morgan fingerprint density at radius 2 is 1.74 bits per heavy atom. The Balaban J connectivity index is 0. The van der Waals surface area contributed by atoms with Gasteiger partial charge in [-0.25, -0.2) is 5.57 Å². The summed E-state index contributed by atoms with van der Waals surface area (Å²) in [7, 11) is 0. The normalized spacial score (nSPS) is 19.8. The molecule has 0 aliphatic heterocycles. The zero-order valence-corrected chi connectivity index (χ0v) is 16.2. The molecule has 2 aliphatic carbocycles. The minimum Gasteiger partial charge on any atom is -1.00 e. The van der Waals surface area contributed by atoms with Crippen LogP contribution in [0.15, 0.2) is 40.5 Å². The van der Waals surface area contributed by atoms with Crippen molar-refractivity contribution in [3.63, 3.8) is 0 Å². The second-order valence-electron chi connectivity index (χ2n) is 4.88. The van der Waals surface area contributed by atoms with E-state index in [-0.39, 0.29) is 24.8 Å². The minimum absolute atomic E-state index is 0. The predicted molar refractivity (Wildman–Crippen MR) is 72.5 cm³/mol. The maximum atomic E-state index is 3.53. The molecule has 0 radical (unpaired) electrons. The molecule has 0 heterocycles. The van der Waals surface area contributed by atoms with Gasteiger partial charge in [0.2, 0.25) is 0 Å². The van der Waals surface area contributed by atoms with E-state index >= 15 is 0 Å². The molecule has 19 heavy (non-hydrogen) atoms. The van der Waals surface area contributed by atoms with Gasteiger partial charge in [0, 0.05) is 0 Å². The Morgan fingerprint density at radius 1 is 1.21 bits per heavy atom. The van der Waals surface area contributed by atoms with Crippen molar-refractivity contribution >= 4 is 3.21 Å². The van der Waals surface area contributed by atoms with Gasteiger partial charge < -0.3 is 24.8 Å². The monoisotopic (exact) mass is 373 g/mol. The summed E-state index contributed by atoms with van der Waals surface area (Å²) in [5.74, 6) is 0.468. The van der Waals surface area contributed by atoms with E-state index in [2.05, 4.69) is 58.9 Å². The van der Waals surface area contributed by atoms with Crippen molar-refractivity contribution in [3.05, 3.63) is 46.6 Å². The van der Waals surface area contributed by atoms with Crippen LogP contribution >= 0.6 is 0 Å². The third-order valence-electron chi connectivity index (χ3n) is 3.12. The van der Waals surface area contributed by atoms with Crippen molar-refractivity contribution in [1.29, 1.82) is 0 Å². The molecule has 1 unspecified atom stereocenters. The Kier molecular flexibility index (Phi) is 11.5. The van der Waals surface area contributed by atoms with Crippen LogP contribution in [-0.2, 0) is 24.2 Å². The van der Waals surface area contributed by atoms with Crippen LogP contribution in [0.5, 0.6) is 0 Å². The van der Waals surface area contributed by atoms with Gasteiger partial charge >= 0.3 is 41.3 Å². The zero-order valence-electron chi connectivity index (χ0n) is 12.3. The van der Waals surface area contributed by atoms with E-state index in [4.69, 9.17) is 0 Å². The van der Waals surface area contributed by atoms with Crippen LogP contribution < -0.4 is 24.8 Å². The molecule has 0 saturated carbocycles. The molecule has 0 spiro atoms. The molecule has 0 fully saturated rings. The van der Waals surface area contributed by atoms with Crippen LogP contribution in [0, 0.1) is 12.0 Å². The van der Waals surface area contributed by atoms with Gasteiger partial charge in [-0.3, -0.25) is 6.08 Å². The molecule has 2 rings (SSSR count). The maximum Gasteiger partial charge on any atom is -1.00 e. The largest absolute Gasteiger partial charge is 1.00 e. The molecule has 0 bridgehead atoms. The van der Waals surface area contributed by atoms with Crippen LogP contribution in [0.4, 0.5) is 0 Å². The SMILES string of the molecule is CC1=[C-]C(C2=CC=CC2)C(C)=C1C.C[C](C)=[Zr+2].[Cl-].[Cl-]. The second-order valence-corrected chi connectivity index (χ2v) is 7.34. The van der Waals surface area contributed by atoms with Crippen LogP contribution in [0.3, 0.4) is 0 Å². The third kappa shape index (κ3) is 6.52. The Morgan fingerprint density at radius 3 is 2.05 bits per heavy atom. The molecule has 0 aromatic carbocycles. The van der Waals surface area contributed by atoms with E-state index in [1.165, 1.54) is 25.5 Å². The molecule has 0 amide bonds. The summed E-state index contributed by atoms with van der Waals surface area (Å²) in [5.41, 5.74) is 5.73. The number of rotatable bonds is 1. The predicted octanol–water partition coefficient (Wildman–Crippen LogP) is -1.66. The van der Waals surface area contributed by atoms with Gasteiger partial charge in [0.05, 0.1) is 0 Å². The zero-order chi connectivity index (χ0) is 13.0. The van der Waals surface area contributed by atoms with Crippen LogP contribution in [-0.4, -0.2) is 3.21 Å². The first-order valence-corrected chi connectivity index (χ1v) is 7.31. The fraction of sp³-hybridized carbons (Fsp3) is 0.438. The molecule has 0 aromatic rings. The number of halogens is 2. The molecule has 1 atom stereocenters. The van der Waals surface area contributed by atoms with Crippen molar-refractivity contribution in [3.8, 4) is 0 Å². The fourth-order valence-electron chi connectivity index (χ4n) is 1.99. The molecular formula is C16H21Cl2Zr-. The quantitative estimate of drug-likeness (QED) is 0.482. The van der Waals surface area contributed by atoms with E-state index < -0.39 is 0 Å². The van der Waals surface area contributed by atoms with Crippen LogP contribution in [0.25, 0.3) is 0 Å². The molecular weight excluding hydrogens is 354 g/mol. The summed E-state index contributed by atoms with van der Waals surface area (Å²) in [4.78, 5) is 0. The van der Waals surface area contributed by atoms with E-state index in [0.29, 0.717) is 5.92 Å². The van der Waals surface area contributed by atoms with Gasteiger partial charge in [0.1, 0.15) is 0 Å². The van der Waals surface area contributed by atoms with Gasteiger partial charge in [-0.15, -0.1) is 6.92 Å². The van der Waals surface area contributed by atoms with Crippen LogP contribution in [0.1, 0.15) is 41.0 Å². The van der Waals surface area contributed by atoms with Gasteiger partial charge in [0.15, 0.2) is 0 Å². The maximum absolute atomic E-state index is 3.53.